The van der Waals surface area contributed by atoms with Crippen molar-refractivity contribution < 1.29 is 4.39 Å². The first-order valence-corrected chi connectivity index (χ1v) is 8.05. The second-order valence-electron chi connectivity index (χ2n) is 6.35. The standard InChI is InChI=1S/C16H20FN5/c17-13-3-1-2-12(10-13)8-9-21(14-4-5-14)11-16-18-19-20-22(16)15-6-7-15/h1-3,10,14-15H,4-9,11H2. The van der Waals surface area contributed by atoms with E-state index in [9.17, 15) is 4.39 Å². The predicted octanol–water partition coefficient (Wildman–Crippen LogP) is 2.35. The molecule has 22 heavy (non-hydrogen) atoms. The van der Waals surface area contributed by atoms with Crippen molar-refractivity contribution in [2.45, 2.75) is 50.7 Å². The molecule has 0 spiro atoms. The minimum Gasteiger partial charge on any atom is -0.293 e. The van der Waals surface area contributed by atoms with Crippen LogP contribution >= 0.6 is 0 Å². The average molecular weight is 301 g/mol. The van der Waals surface area contributed by atoms with Crippen molar-refractivity contribution in [1.82, 2.24) is 25.1 Å². The molecular formula is C16H20FN5. The van der Waals surface area contributed by atoms with Crippen molar-refractivity contribution in [3.05, 3.63) is 41.5 Å². The molecule has 2 fully saturated rings. The zero-order chi connectivity index (χ0) is 14.9. The molecule has 1 aromatic heterocycles. The van der Waals surface area contributed by atoms with Gasteiger partial charge in [-0.2, -0.15) is 0 Å². The first kappa shape index (κ1) is 13.8. The highest BCUT2D eigenvalue weighted by Crippen LogP contribution is 2.35. The van der Waals surface area contributed by atoms with Crippen LogP contribution in [0.2, 0.25) is 0 Å². The summed E-state index contributed by atoms with van der Waals surface area (Å²) in [7, 11) is 0. The van der Waals surface area contributed by atoms with Crippen molar-refractivity contribution >= 4 is 0 Å². The summed E-state index contributed by atoms with van der Waals surface area (Å²) in [5.41, 5.74) is 1.05. The lowest BCUT2D eigenvalue weighted by atomic mass is 10.1. The molecule has 1 heterocycles. The molecule has 5 nitrogen and oxygen atoms in total. The molecule has 116 valence electrons. The van der Waals surface area contributed by atoms with Crippen molar-refractivity contribution in [3.8, 4) is 0 Å². The molecule has 0 amide bonds. The molecule has 6 heteroatoms. The summed E-state index contributed by atoms with van der Waals surface area (Å²) in [6.07, 6.45) is 5.72. The molecular weight excluding hydrogens is 281 g/mol. The first-order valence-electron chi connectivity index (χ1n) is 8.05. The predicted molar refractivity (Wildman–Crippen MR) is 79.6 cm³/mol. The van der Waals surface area contributed by atoms with E-state index in [4.69, 9.17) is 0 Å². The highest BCUT2D eigenvalue weighted by Gasteiger charge is 2.32. The third kappa shape index (κ3) is 3.16. The Morgan fingerprint density at radius 3 is 2.82 bits per heavy atom. The second-order valence-corrected chi connectivity index (χ2v) is 6.35. The number of benzene rings is 1. The molecule has 0 atom stereocenters. The third-order valence-electron chi connectivity index (χ3n) is 4.44. The van der Waals surface area contributed by atoms with Crippen molar-refractivity contribution in [1.29, 1.82) is 0 Å². The van der Waals surface area contributed by atoms with E-state index >= 15 is 0 Å². The van der Waals surface area contributed by atoms with Gasteiger partial charge in [-0.25, -0.2) is 9.07 Å². The van der Waals surface area contributed by atoms with Crippen molar-refractivity contribution in [3.63, 3.8) is 0 Å². The fourth-order valence-corrected chi connectivity index (χ4v) is 2.90. The van der Waals surface area contributed by atoms with Crippen LogP contribution in [0.5, 0.6) is 0 Å². The number of tetrazole rings is 1. The summed E-state index contributed by atoms with van der Waals surface area (Å²) in [5, 5.41) is 12.1. The van der Waals surface area contributed by atoms with Gasteiger partial charge in [-0.05, 0) is 60.2 Å². The van der Waals surface area contributed by atoms with Crippen LogP contribution in [0, 0.1) is 5.82 Å². The van der Waals surface area contributed by atoms with Crippen LogP contribution in [0.3, 0.4) is 0 Å². The number of nitrogens with zero attached hydrogens (tertiary/aromatic N) is 5. The van der Waals surface area contributed by atoms with E-state index in [1.807, 2.05) is 10.7 Å². The van der Waals surface area contributed by atoms with Gasteiger partial charge in [0.25, 0.3) is 0 Å². The van der Waals surface area contributed by atoms with E-state index in [1.54, 1.807) is 12.1 Å². The zero-order valence-electron chi connectivity index (χ0n) is 12.5. The van der Waals surface area contributed by atoms with Crippen LogP contribution in [-0.4, -0.2) is 37.7 Å². The Balaban J connectivity index is 1.41. The second kappa shape index (κ2) is 5.76. The summed E-state index contributed by atoms with van der Waals surface area (Å²) >= 11 is 0. The summed E-state index contributed by atoms with van der Waals surface area (Å²) in [4.78, 5) is 2.44. The summed E-state index contributed by atoms with van der Waals surface area (Å²) in [5.74, 6) is 0.807. The lowest BCUT2D eigenvalue weighted by Gasteiger charge is -2.21. The number of halogens is 1. The lowest BCUT2D eigenvalue weighted by Crippen LogP contribution is -2.29. The Kier molecular flexibility index (Phi) is 3.62. The van der Waals surface area contributed by atoms with E-state index in [-0.39, 0.29) is 5.82 Å². The highest BCUT2D eigenvalue weighted by molar-refractivity contribution is 5.16. The topological polar surface area (TPSA) is 46.8 Å². The Morgan fingerprint density at radius 1 is 1.23 bits per heavy atom. The number of hydrogen-bond donors (Lipinski definition) is 0. The van der Waals surface area contributed by atoms with Crippen LogP contribution in [0.15, 0.2) is 24.3 Å². The fourth-order valence-electron chi connectivity index (χ4n) is 2.90. The van der Waals surface area contributed by atoms with Gasteiger partial charge in [0.1, 0.15) is 5.82 Å². The van der Waals surface area contributed by atoms with Crippen molar-refractivity contribution in [2.75, 3.05) is 6.54 Å². The number of hydrogen-bond acceptors (Lipinski definition) is 4. The molecule has 2 aliphatic carbocycles. The SMILES string of the molecule is Fc1cccc(CCN(Cc2nnnn2C2CC2)C2CC2)c1. The molecule has 0 bridgehead atoms. The minimum atomic E-state index is -0.159. The molecule has 4 rings (SSSR count). The quantitative estimate of drug-likeness (QED) is 0.787. The maximum absolute atomic E-state index is 13.3. The molecule has 1 aromatic carbocycles. The number of rotatable bonds is 7. The first-order chi connectivity index (χ1) is 10.8. The molecule has 2 saturated carbocycles. The van der Waals surface area contributed by atoms with E-state index in [1.165, 1.54) is 31.7 Å². The fraction of sp³-hybridized carbons (Fsp3) is 0.562. The van der Waals surface area contributed by atoms with Gasteiger partial charge in [-0.1, -0.05) is 12.1 Å². The van der Waals surface area contributed by atoms with Gasteiger partial charge in [0.15, 0.2) is 5.82 Å². The Bertz CT molecular complexity index is 647. The van der Waals surface area contributed by atoms with Crippen LogP contribution in [-0.2, 0) is 13.0 Å². The maximum atomic E-state index is 13.3. The van der Waals surface area contributed by atoms with Crippen LogP contribution in [0.25, 0.3) is 0 Å². The molecule has 0 N–H and O–H groups in total. The normalized spacial score (nSPS) is 18.1. The smallest absolute Gasteiger partial charge is 0.165 e. The monoisotopic (exact) mass is 301 g/mol. The Morgan fingerprint density at radius 2 is 2.09 bits per heavy atom. The van der Waals surface area contributed by atoms with Gasteiger partial charge in [0.05, 0.1) is 12.6 Å². The molecule has 0 aliphatic heterocycles. The summed E-state index contributed by atoms with van der Waals surface area (Å²) in [6.45, 7) is 1.72. The Labute approximate surface area is 129 Å². The summed E-state index contributed by atoms with van der Waals surface area (Å²) in [6, 6.07) is 8.03. The van der Waals surface area contributed by atoms with E-state index in [0.29, 0.717) is 12.1 Å². The van der Waals surface area contributed by atoms with Gasteiger partial charge in [-0.3, -0.25) is 4.90 Å². The lowest BCUT2D eigenvalue weighted by molar-refractivity contribution is 0.246. The minimum absolute atomic E-state index is 0.159. The molecule has 0 saturated heterocycles. The Hall–Kier alpha value is -1.82. The van der Waals surface area contributed by atoms with Gasteiger partial charge in [-0.15, -0.1) is 5.10 Å². The van der Waals surface area contributed by atoms with Gasteiger partial charge < -0.3 is 0 Å². The highest BCUT2D eigenvalue weighted by atomic mass is 19.1. The molecule has 0 radical (unpaired) electrons. The average Bonchev–Trinajstić information content (AvgIpc) is 3.43. The van der Waals surface area contributed by atoms with E-state index < -0.39 is 0 Å². The van der Waals surface area contributed by atoms with Crippen LogP contribution in [0.1, 0.15) is 43.1 Å². The van der Waals surface area contributed by atoms with Crippen molar-refractivity contribution in [2.24, 2.45) is 0 Å². The maximum Gasteiger partial charge on any atom is 0.165 e. The van der Waals surface area contributed by atoms with Crippen LogP contribution in [0.4, 0.5) is 4.39 Å². The van der Waals surface area contributed by atoms with E-state index in [2.05, 4.69) is 20.4 Å². The molecule has 2 aromatic rings. The third-order valence-corrected chi connectivity index (χ3v) is 4.44. The molecule has 2 aliphatic rings. The van der Waals surface area contributed by atoms with Gasteiger partial charge in [0, 0.05) is 12.6 Å². The largest absolute Gasteiger partial charge is 0.293 e. The zero-order valence-corrected chi connectivity index (χ0v) is 12.5. The van der Waals surface area contributed by atoms with Gasteiger partial charge in [0.2, 0.25) is 0 Å². The molecule has 0 unspecified atom stereocenters. The van der Waals surface area contributed by atoms with Gasteiger partial charge >= 0.3 is 0 Å². The summed E-state index contributed by atoms with van der Waals surface area (Å²) < 4.78 is 15.3. The van der Waals surface area contributed by atoms with Crippen LogP contribution < -0.4 is 0 Å². The van der Waals surface area contributed by atoms with E-state index in [0.717, 1.165) is 30.9 Å². The number of aromatic nitrogens is 4.